The Kier molecular flexibility index (Phi) is 4.03. The minimum atomic E-state index is 0.933. The molecule has 3 rings (SSSR count). The van der Waals surface area contributed by atoms with E-state index in [-0.39, 0.29) is 0 Å². The second kappa shape index (κ2) is 5.72. The van der Waals surface area contributed by atoms with Crippen molar-refractivity contribution in [2.24, 2.45) is 4.99 Å². The minimum Gasteiger partial charge on any atom is -0.346 e. The Balaban J connectivity index is 0.000000267. The predicted octanol–water partition coefficient (Wildman–Crippen LogP) is 3.28. The van der Waals surface area contributed by atoms with Crippen LogP contribution in [0.25, 0.3) is 5.57 Å². The summed E-state index contributed by atoms with van der Waals surface area (Å²) in [7, 11) is 2.12. The van der Waals surface area contributed by atoms with Crippen LogP contribution < -0.4 is 5.32 Å². The molecule has 18 heavy (non-hydrogen) atoms. The second-order valence-electron chi connectivity index (χ2n) is 4.35. The van der Waals surface area contributed by atoms with Crippen molar-refractivity contribution in [2.45, 2.75) is 26.5 Å². The van der Waals surface area contributed by atoms with Crippen LogP contribution in [0.4, 0.5) is 0 Å². The van der Waals surface area contributed by atoms with Crippen LogP contribution in [0.3, 0.4) is 0 Å². The van der Waals surface area contributed by atoms with Gasteiger partial charge in [0.05, 0.1) is 12.0 Å². The smallest absolute Gasteiger partial charge is 0.105 e. The molecule has 0 bridgehead atoms. The molecule has 1 aromatic carbocycles. The summed E-state index contributed by atoms with van der Waals surface area (Å²) in [6.07, 6.45) is 3.84. The van der Waals surface area contributed by atoms with Gasteiger partial charge in [0.1, 0.15) is 7.28 Å². The Morgan fingerprint density at radius 3 is 2.83 bits per heavy atom. The van der Waals surface area contributed by atoms with Crippen molar-refractivity contribution in [3.63, 3.8) is 0 Å². The standard InChI is InChI=1S/C12H10N2.C3H8B/c1-8-12-10-5-3-2-4-9(10)6-11(12)14-7-13-8;1-3-4-2/h2-5,7H,1,6H2,(H,13,14);3H2,1-2H3. The largest absolute Gasteiger partial charge is 0.346 e. The van der Waals surface area contributed by atoms with E-state index < -0.39 is 0 Å². The van der Waals surface area contributed by atoms with Gasteiger partial charge in [-0.05, 0) is 11.1 Å². The number of hydrogen-bond acceptors (Lipinski definition) is 2. The van der Waals surface area contributed by atoms with E-state index in [1.165, 1.54) is 23.0 Å². The zero-order valence-corrected chi connectivity index (χ0v) is 11.0. The maximum atomic E-state index is 4.34. The Labute approximate surface area is 110 Å². The van der Waals surface area contributed by atoms with Crippen molar-refractivity contribution in [3.05, 3.63) is 53.4 Å². The summed E-state index contributed by atoms with van der Waals surface area (Å²) in [5.41, 5.74) is 5.90. The third-order valence-electron chi connectivity index (χ3n) is 3.10. The Hall–Kier alpha value is -1.77. The quantitative estimate of drug-likeness (QED) is 0.744. The first kappa shape index (κ1) is 12.7. The van der Waals surface area contributed by atoms with Crippen LogP contribution in [0.5, 0.6) is 0 Å². The van der Waals surface area contributed by atoms with Gasteiger partial charge in [-0.15, -0.1) is 0 Å². The van der Waals surface area contributed by atoms with Gasteiger partial charge in [-0.2, -0.15) is 0 Å². The molecule has 1 aliphatic heterocycles. The molecule has 2 aliphatic rings. The molecule has 0 spiro atoms. The van der Waals surface area contributed by atoms with Crippen molar-refractivity contribution < 1.29 is 0 Å². The zero-order chi connectivity index (χ0) is 13.0. The van der Waals surface area contributed by atoms with E-state index in [1.54, 1.807) is 6.34 Å². The molecular formula is C15H18BN2. The lowest BCUT2D eigenvalue weighted by Crippen LogP contribution is -2.14. The lowest BCUT2D eigenvalue weighted by molar-refractivity contribution is 1.10. The summed E-state index contributed by atoms with van der Waals surface area (Å²) in [5.74, 6) is 0. The SMILES string of the molecule is C=C1NC=NC2=C1c1ccccc1C2.C[B]CC. The molecule has 1 radical (unpaired) electrons. The van der Waals surface area contributed by atoms with E-state index in [0.717, 1.165) is 17.8 Å². The fourth-order valence-electron chi connectivity index (χ4n) is 2.05. The highest BCUT2D eigenvalue weighted by molar-refractivity contribution is 6.33. The molecule has 3 heteroatoms. The molecule has 91 valence electrons. The number of aliphatic imine (C=N–C) groups is 1. The van der Waals surface area contributed by atoms with Gasteiger partial charge in [-0.1, -0.05) is 50.9 Å². The number of fused-ring (bicyclic) bond motifs is 2. The summed E-state index contributed by atoms with van der Waals surface area (Å²) in [6.45, 7) is 8.18. The third kappa shape index (κ3) is 2.40. The number of nitrogens with zero attached hydrogens (tertiary/aromatic N) is 1. The van der Waals surface area contributed by atoms with Crippen LogP contribution in [0.2, 0.25) is 13.1 Å². The van der Waals surface area contributed by atoms with Crippen LogP contribution in [-0.2, 0) is 6.42 Å². The van der Waals surface area contributed by atoms with Gasteiger partial charge >= 0.3 is 0 Å². The Morgan fingerprint density at radius 2 is 2.11 bits per heavy atom. The highest BCUT2D eigenvalue weighted by Crippen LogP contribution is 2.37. The average Bonchev–Trinajstić information content (AvgIpc) is 2.78. The van der Waals surface area contributed by atoms with Gasteiger partial charge in [-0.25, -0.2) is 4.99 Å². The molecule has 0 aromatic heterocycles. The topological polar surface area (TPSA) is 24.4 Å². The molecule has 1 aromatic rings. The van der Waals surface area contributed by atoms with E-state index in [1.807, 2.05) is 0 Å². The number of hydrogen-bond donors (Lipinski definition) is 1. The van der Waals surface area contributed by atoms with Gasteiger partial charge in [0.15, 0.2) is 0 Å². The monoisotopic (exact) mass is 237 g/mol. The lowest BCUT2D eigenvalue weighted by Gasteiger charge is -2.13. The first-order chi connectivity index (χ1) is 8.77. The number of nitrogens with one attached hydrogen (secondary N) is 1. The van der Waals surface area contributed by atoms with Gasteiger partial charge in [0.2, 0.25) is 0 Å². The van der Waals surface area contributed by atoms with Gasteiger partial charge in [0.25, 0.3) is 0 Å². The summed E-state index contributed by atoms with van der Waals surface area (Å²) in [4.78, 5) is 4.34. The zero-order valence-electron chi connectivity index (χ0n) is 11.0. The van der Waals surface area contributed by atoms with Crippen molar-refractivity contribution >= 4 is 19.2 Å². The molecular weight excluding hydrogens is 219 g/mol. The van der Waals surface area contributed by atoms with Crippen LogP contribution in [0, 0.1) is 0 Å². The van der Waals surface area contributed by atoms with Crippen LogP contribution in [0.15, 0.2) is 47.2 Å². The van der Waals surface area contributed by atoms with Crippen molar-refractivity contribution in [1.82, 2.24) is 5.32 Å². The first-order valence-corrected chi connectivity index (χ1v) is 6.35. The van der Waals surface area contributed by atoms with Gasteiger partial charge in [0, 0.05) is 17.7 Å². The number of allylic oxidation sites excluding steroid dienone is 2. The highest BCUT2D eigenvalue weighted by atomic mass is 15.0. The molecule has 0 saturated carbocycles. The predicted molar refractivity (Wildman–Crippen MR) is 79.9 cm³/mol. The Bertz CT molecular complexity index is 513. The Morgan fingerprint density at radius 1 is 1.39 bits per heavy atom. The van der Waals surface area contributed by atoms with Crippen molar-refractivity contribution in [1.29, 1.82) is 0 Å². The fraction of sp³-hybridized carbons (Fsp3) is 0.267. The normalized spacial score (nSPS) is 15.3. The van der Waals surface area contributed by atoms with Crippen LogP contribution >= 0.6 is 0 Å². The maximum absolute atomic E-state index is 4.34. The van der Waals surface area contributed by atoms with E-state index in [4.69, 9.17) is 0 Å². The summed E-state index contributed by atoms with van der Waals surface area (Å²) in [6, 6.07) is 8.40. The van der Waals surface area contributed by atoms with E-state index in [9.17, 15) is 0 Å². The van der Waals surface area contributed by atoms with E-state index in [2.05, 4.69) is 62.2 Å². The summed E-state index contributed by atoms with van der Waals surface area (Å²) >= 11 is 0. The van der Waals surface area contributed by atoms with Crippen molar-refractivity contribution in [2.75, 3.05) is 0 Å². The molecule has 2 nitrogen and oxygen atoms in total. The molecule has 0 fully saturated rings. The average molecular weight is 237 g/mol. The number of rotatable bonds is 1. The molecule has 0 unspecified atom stereocenters. The first-order valence-electron chi connectivity index (χ1n) is 6.35. The summed E-state index contributed by atoms with van der Waals surface area (Å²) < 4.78 is 0. The third-order valence-corrected chi connectivity index (χ3v) is 3.10. The minimum absolute atomic E-state index is 0.933. The molecule has 1 N–H and O–H groups in total. The van der Waals surface area contributed by atoms with Crippen molar-refractivity contribution in [3.8, 4) is 0 Å². The van der Waals surface area contributed by atoms with Gasteiger partial charge in [-0.3, -0.25) is 0 Å². The van der Waals surface area contributed by atoms with E-state index >= 15 is 0 Å². The fourth-order valence-corrected chi connectivity index (χ4v) is 2.05. The van der Waals surface area contributed by atoms with Crippen LogP contribution in [0.1, 0.15) is 18.1 Å². The molecule has 0 amide bonds. The highest BCUT2D eigenvalue weighted by Gasteiger charge is 2.24. The summed E-state index contributed by atoms with van der Waals surface area (Å²) in [5, 5.41) is 3.05. The maximum Gasteiger partial charge on any atom is 0.105 e. The number of benzene rings is 1. The molecule has 0 atom stereocenters. The molecule has 1 heterocycles. The van der Waals surface area contributed by atoms with Crippen LogP contribution in [-0.4, -0.2) is 13.6 Å². The molecule has 0 saturated heterocycles. The molecule has 1 aliphatic carbocycles. The second-order valence-corrected chi connectivity index (χ2v) is 4.35. The lowest BCUT2D eigenvalue weighted by atomic mass is 9.79. The van der Waals surface area contributed by atoms with Gasteiger partial charge < -0.3 is 5.32 Å². The van der Waals surface area contributed by atoms with E-state index in [0.29, 0.717) is 0 Å².